The average Bonchev–Trinajstić information content (AvgIpc) is 2.83. The van der Waals surface area contributed by atoms with Gasteiger partial charge in [-0.05, 0) is 24.3 Å². The third kappa shape index (κ3) is 1.96. The standard InChI is InChI=1S/C13H10N4S/c14-12-11(9-4-7-15-8-5-9)17-13(18-12)10-3-1-2-6-16-10/h1-8H,14H2. The van der Waals surface area contributed by atoms with E-state index >= 15 is 0 Å². The molecule has 5 heteroatoms. The number of hydrogen-bond donors (Lipinski definition) is 1. The van der Waals surface area contributed by atoms with E-state index in [2.05, 4.69) is 15.0 Å². The van der Waals surface area contributed by atoms with Crippen molar-refractivity contribution in [3.05, 3.63) is 48.9 Å². The Morgan fingerprint density at radius 2 is 1.83 bits per heavy atom. The van der Waals surface area contributed by atoms with Gasteiger partial charge in [0.05, 0.1) is 5.69 Å². The van der Waals surface area contributed by atoms with Crippen LogP contribution < -0.4 is 5.73 Å². The van der Waals surface area contributed by atoms with Crippen LogP contribution in [0.5, 0.6) is 0 Å². The van der Waals surface area contributed by atoms with Gasteiger partial charge in [0.15, 0.2) is 0 Å². The molecule has 0 saturated heterocycles. The van der Waals surface area contributed by atoms with Crippen LogP contribution in [0.15, 0.2) is 48.9 Å². The number of hydrogen-bond acceptors (Lipinski definition) is 5. The fraction of sp³-hybridized carbons (Fsp3) is 0. The van der Waals surface area contributed by atoms with Crippen molar-refractivity contribution in [2.24, 2.45) is 0 Å². The maximum Gasteiger partial charge on any atom is 0.144 e. The molecule has 0 amide bonds. The molecule has 0 fully saturated rings. The largest absolute Gasteiger partial charge is 0.389 e. The van der Waals surface area contributed by atoms with Crippen molar-refractivity contribution in [1.29, 1.82) is 0 Å². The normalized spacial score (nSPS) is 10.4. The zero-order chi connectivity index (χ0) is 12.4. The molecule has 18 heavy (non-hydrogen) atoms. The monoisotopic (exact) mass is 254 g/mol. The Hall–Kier alpha value is -2.27. The van der Waals surface area contributed by atoms with E-state index in [-0.39, 0.29) is 0 Å². The molecule has 3 aromatic heterocycles. The number of nitrogens with zero attached hydrogens (tertiary/aromatic N) is 3. The highest BCUT2D eigenvalue weighted by molar-refractivity contribution is 7.19. The average molecular weight is 254 g/mol. The smallest absolute Gasteiger partial charge is 0.144 e. The van der Waals surface area contributed by atoms with E-state index in [1.807, 2.05) is 30.3 Å². The Labute approximate surface area is 108 Å². The predicted octanol–water partition coefficient (Wildman–Crippen LogP) is 2.85. The van der Waals surface area contributed by atoms with Gasteiger partial charge in [-0.1, -0.05) is 17.4 Å². The summed E-state index contributed by atoms with van der Waals surface area (Å²) in [6.07, 6.45) is 5.21. The quantitative estimate of drug-likeness (QED) is 0.763. The molecule has 0 atom stereocenters. The van der Waals surface area contributed by atoms with Crippen LogP contribution in [0.4, 0.5) is 5.00 Å². The number of nitrogen functional groups attached to an aromatic ring is 1. The second kappa shape index (κ2) is 4.54. The number of aromatic nitrogens is 3. The first-order chi connectivity index (χ1) is 8.84. The van der Waals surface area contributed by atoms with Gasteiger partial charge in [-0.25, -0.2) is 4.98 Å². The van der Waals surface area contributed by atoms with E-state index in [0.717, 1.165) is 22.0 Å². The Bertz CT molecular complexity index is 649. The molecule has 3 aromatic rings. The topological polar surface area (TPSA) is 64.7 Å². The molecule has 3 heterocycles. The van der Waals surface area contributed by atoms with Crippen LogP contribution in [-0.4, -0.2) is 15.0 Å². The van der Waals surface area contributed by atoms with Crippen molar-refractivity contribution in [2.75, 3.05) is 5.73 Å². The number of anilines is 1. The van der Waals surface area contributed by atoms with Crippen molar-refractivity contribution in [1.82, 2.24) is 15.0 Å². The highest BCUT2D eigenvalue weighted by atomic mass is 32.1. The molecule has 0 radical (unpaired) electrons. The van der Waals surface area contributed by atoms with Gasteiger partial charge in [0, 0.05) is 24.2 Å². The summed E-state index contributed by atoms with van der Waals surface area (Å²) >= 11 is 1.45. The molecule has 0 aromatic carbocycles. The fourth-order valence-corrected chi connectivity index (χ4v) is 2.48. The SMILES string of the molecule is Nc1sc(-c2ccccn2)nc1-c1ccncc1. The number of pyridine rings is 2. The minimum atomic E-state index is 0.696. The van der Waals surface area contributed by atoms with E-state index in [9.17, 15) is 0 Å². The van der Waals surface area contributed by atoms with Gasteiger partial charge >= 0.3 is 0 Å². The van der Waals surface area contributed by atoms with E-state index in [1.165, 1.54) is 11.3 Å². The molecule has 0 unspecified atom stereocenters. The Kier molecular flexibility index (Phi) is 2.74. The van der Waals surface area contributed by atoms with Gasteiger partial charge in [0.25, 0.3) is 0 Å². The minimum absolute atomic E-state index is 0.696. The lowest BCUT2D eigenvalue weighted by atomic mass is 10.2. The summed E-state index contributed by atoms with van der Waals surface area (Å²) in [5.74, 6) is 0. The maximum absolute atomic E-state index is 6.02. The molecule has 3 rings (SSSR count). The fourth-order valence-electron chi connectivity index (χ4n) is 1.65. The van der Waals surface area contributed by atoms with E-state index < -0.39 is 0 Å². The molecular weight excluding hydrogens is 244 g/mol. The van der Waals surface area contributed by atoms with Crippen molar-refractivity contribution in [3.8, 4) is 22.0 Å². The van der Waals surface area contributed by atoms with Crippen LogP contribution in [0, 0.1) is 0 Å². The van der Waals surface area contributed by atoms with Crippen molar-refractivity contribution in [3.63, 3.8) is 0 Å². The van der Waals surface area contributed by atoms with Gasteiger partial charge in [-0.3, -0.25) is 9.97 Å². The third-order valence-electron chi connectivity index (χ3n) is 2.49. The van der Waals surface area contributed by atoms with Crippen LogP contribution in [0.2, 0.25) is 0 Å². The van der Waals surface area contributed by atoms with Gasteiger partial charge in [-0.2, -0.15) is 0 Å². The molecule has 0 aliphatic rings. The summed E-state index contributed by atoms with van der Waals surface area (Å²) in [5.41, 5.74) is 8.63. The number of nitrogens with two attached hydrogens (primary N) is 1. The van der Waals surface area contributed by atoms with Gasteiger partial charge in [-0.15, -0.1) is 0 Å². The second-order valence-electron chi connectivity index (χ2n) is 3.68. The summed E-state index contributed by atoms with van der Waals surface area (Å²) in [5, 5.41) is 1.53. The van der Waals surface area contributed by atoms with E-state index in [0.29, 0.717) is 5.00 Å². The van der Waals surface area contributed by atoms with Gasteiger partial charge in [0.2, 0.25) is 0 Å². The Balaban J connectivity index is 2.07. The first-order valence-corrected chi connectivity index (χ1v) is 6.24. The van der Waals surface area contributed by atoms with Crippen LogP contribution in [0.3, 0.4) is 0 Å². The third-order valence-corrected chi connectivity index (χ3v) is 3.40. The molecule has 4 nitrogen and oxygen atoms in total. The van der Waals surface area contributed by atoms with Crippen LogP contribution in [0.1, 0.15) is 0 Å². The molecule has 0 saturated carbocycles. The summed E-state index contributed by atoms with van der Waals surface area (Å²) in [6.45, 7) is 0. The number of thiazole rings is 1. The van der Waals surface area contributed by atoms with Gasteiger partial charge < -0.3 is 5.73 Å². The lowest BCUT2D eigenvalue weighted by molar-refractivity contribution is 1.28. The maximum atomic E-state index is 6.02. The van der Waals surface area contributed by atoms with E-state index in [1.54, 1.807) is 18.6 Å². The van der Waals surface area contributed by atoms with E-state index in [4.69, 9.17) is 5.73 Å². The van der Waals surface area contributed by atoms with Crippen molar-refractivity contribution in [2.45, 2.75) is 0 Å². The minimum Gasteiger partial charge on any atom is -0.389 e. The highest BCUT2D eigenvalue weighted by Crippen LogP contribution is 2.34. The summed E-state index contributed by atoms with van der Waals surface area (Å²) in [7, 11) is 0. The molecule has 0 aliphatic carbocycles. The summed E-state index contributed by atoms with van der Waals surface area (Å²) in [4.78, 5) is 12.8. The van der Waals surface area contributed by atoms with Crippen LogP contribution in [0.25, 0.3) is 22.0 Å². The number of rotatable bonds is 2. The molecule has 0 spiro atoms. The Morgan fingerprint density at radius 3 is 2.56 bits per heavy atom. The molecular formula is C13H10N4S. The van der Waals surface area contributed by atoms with Crippen LogP contribution in [-0.2, 0) is 0 Å². The highest BCUT2D eigenvalue weighted by Gasteiger charge is 2.12. The molecule has 2 N–H and O–H groups in total. The predicted molar refractivity (Wildman–Crippen MR) is 73.0 cm³/mol. The zero-order valence-electron chi connectivity index (χ0n) is 9.45. The summed E-state index contributed by atoms with van der Waals surface area (Å²) in [6, 6.07) is 9.53. The van der Waals surface area contributed by atoms with Crippen molar-refractivity contribution < 1.29 is 0 Å². The lowest BCUT2D eigenvalue weighted by Gasteiger charge is -1.96. The molecule has 0 aliphatic heterocycles. The van der Waals surface area contributed by atoms with Crippen molar-refractivity contribution >= 4 is 16.3 Å². The zero-order valence-corrected chi connectivity index (χ0v) is 10.3. The molecule has 0 bridgehead atoms. The van der Waals surface area contributed by atoms with Gasteiger partial charge in [0.1, 0.15) is 15.7 Å². The Morgan fingerprint density at radius 1 is 1.00 bits per heavy atom. The first kappa shape index (κ1) is 10.9. The van der Waals surface area contributed by atoms with Crippen LogP contribution >= 0.6 is 11.3 Å². The second-order valence-corrected chi connectivity index (χ2v) is 4.71. The lowest BCUT2D eigenvalue weighted by Crippen LogP contribution is -1.86. The molecule has 88 valence electrons. The summed E-state index contributed by atoms with van der Waals surface area (Å²) < 4.78 is 0. The first-order valence-electron chi connectivity index (χ1n) is 5.43.